The van der Waals surface area contributed by atoms with Gasteiger partial charge in [-0.3, -0.25) is 15.0 Å². The highest BCUT2D eigenvalue weighted by molar-refractivity contribution is 8.23. The maximum atomic E-state index is 12.8. The normalized spacial score (nSPS) is 15.5. The van der Waals surface area contributed by atoms with E-state index in [0.717, 1.165) is 10.7 Å². The number of nitro benzene ring substituents is 1. The van der Waals surface area contributed by atoms with Crippen molar-refractivity contribution in [2.45, 2.75) is 12.7 Å². The minimum Gasteiger partial charge on any atom is -0.344 e. The number of thioether (sulfide) groups is 1. The third-order valence-electron chi connectivity index (χ3n) is 3.20. The van der Waals surface area contributed by atoms with Gasteiger partial charge in [-0.05, 0) is 0 Å². The molecule has 2 rings (SSSR count). The number of nitro groups is 1. The van der Waals surface area contributed by atoms with Gasteiger partial charge >= 0.3 is 6.18 Å². The van der Waals surface area contributed by atoms with E-state index in [9.17, 15) is 23.3 Å². The molecule has 1 heterocycles. The van der Waals surface area contributed by atoms with Crippen LogP contribution in [0, 0.1) is 10.1 Å². The molecule has 5 nitrogen and oxygen atoms in total. The summed E-state index contributed by atoms with van der Waals surface area (Å²) in [5.41, 5.74) is 0.0672. The van der Waals surface area contributed by atoms with Crippen molar-refractivity contribution >= 4 is 34.0 Å². The van der Waals surface area contributed by atoms with E-state index >= 15 is 0 Å². The van der Waals surface area contributed by atoms with Crippen LogP contribution in [-0.2, 0) is 6.54 Å². The highest BCUT2D eigenvalue weighted by atomic mass is 32.2. The Morgan fingerprint density at radius 1 is 1.39 bits per heavy atom. The van der Waals surface area contributed by atoms with E-state index in [0.29, 0.717) is 10.9 Å². The lowest BCUT2D eigenvalue weighted by Gasteiger charge is -2.29. The van der Waals surface area contributed by atoms with Crippen LogP contribution in [0.4, 0.5) is 18.9 Å². The second-order valence-electron chi connectivity index (χ2n) is 5.01. The molecule has 1 saturated heterocycles. The highest BCUT2D eigenvalue weighted by Gasteiger charge is 2.33. The largest absolute Gasteiger partial charge is 0.401 e. The summed E-state index contributed by atoms with van der Waals surface area (Å²) in [6, 6.07) is 5.82. The first kappa shape index (κ1) is 18.0. The Hall–Kier alpha value is -1.39. The fourth-order valence-electron chi connectivity index (χ4n) is 2.27. The van der Waals surface area contributed by atoms with Crippen LogP contribution in [0.15, 0.2) is 24.3 Å². The van der Waals surface area contributed by atoms with Crippen molar-refractivity contribution in [3.8, 4) is 0 Å². The van der Waals surface area contributed by atoms with Gasteiger partial charge in [0.25, 0.3) is 5.69 Å². The number of halogens is 3. The van der Waals surface area contributed by atoms with Gasteiger partial charge in [-0.25, -0.2) is 0 Å². The standard InChI is InChI=1S/C13H14F3N3O2S2/c14-13(15,16)8-17(9-18-5-6-23-12(18)22)7-10-3-1-2-4-11(10)19(20)21/h1-4H,5-9H2. The molecular formula is C13H14F3N3O2S2. The molecule has 0 aliphatic carbocycles. The lowest BCUT2D eigenvalue weighted by atomic mass is 10.1. The zero-order valence-corrected chi connectivity index (χ0v) is 13.6. The van der Waals surface area contributed by atoms with Gasteiger partial charge in [0.2, 0.25) is 0 Å². The Labute approximate surface area is 140 Å². The molecule has 0 radical (unpaired) electrons. The summed E-state index contributed by atoms with van der Waals surface area (Å²) in [5, 5.41) is 11.0. The Balaban J connectivity index is 2.17. The SMILES string of the molecule is O=[N+]([O-])c1ccccc1CN(CN1CCSC1=S)CC(F)(F)F. The maximum Gasteiger partial charge on any atom is 0.401 e. The number of alkyl halides is 3. The van der Waals surface area contributed by atoms with Crippen molar-refractivity contribution < 1.29 is 18.1 Å². The van der Waals surface area contributed by atoms with Crippen LogP contribution in [0.2, 0.25) is 0 Å². The van der Waals surface area contributed by atoms with Crippen molar-refractivity contribution in [3.63, 3.8) is 0 Å². The van der Waals surface area contributed by atoms with Crippen molar-refractivity contribution in [1.29, 1.82) is 0 Å². The van der Waals surface area contributed by atoms with E-state index in [1.807, 2.05) is 0 Å². The highest BCUT2D eigenvalue weighted by Crippen LogP contribution is 2.25. The molecule has 0 atom stereocenters. The number of benzene rings is 1. The quantitative estimate of drug-likeness (QED) is 0.438. The number of thiocarbonyl (C=S) groups is 1. The molecule has 0 aromatic heterocycles. The van der Waals surface area contributed by atoms with Gasteiger partial charge in [0.1, 0.15) is 4.32 Å². The molecule has 1 aliphatic rings. The Morgan fingerprint density at radius 2 is 2.09 bits per heavy atom. The predicted molar refractivity (Wildman–Crippen MR) is 86.2 cm³/mol. The Kier molecular flexibility index (Phi) is 5.82. The molecule has 23 heavy (non-hydrogen) atoms. The van der Waals surface area contributed by atoms with Crippen molar-refractivity contribution in [1.82, 2.24) is 9.80 Å². The summed E-state index contributed by atoms with van der Waals surface area (Å²) in [5.74, 6) is 0.740. The first-order valence-electron chi connectivity index (χ1n) is 6.69. The van der Waals surface area contributed by atoms with Crippen LogP contribution in [0.5, 0.6) is 0 Å². The molecule has 126 valence electrons. The van der Waals surface area contributed by atoms with Gasteiger partial charge in [0.05, 0.1) is 18.1 Å². The summed E-state index contributed by atoms with van der Waals surface area (Å²) in [6.07, 6.45) is -4.39. The third-order valence-corrected chi connectivity index (χ3v) is 4.70. The fraction of sp³-hybridized carbons (Fsp3) is 0.462. The van der Waals surface area contributed by atoms with E-state index in [2.05, 4.69) is 0 Å². The van der Waals surface area contributed by atoms with Gasteiger partial charge in [-0.15, -0.1) is 0 Å². The van der Waals surface area contributed by atoms with Crippen LogP contribution < -0.4 is 0 Å². The first-order valence-corrected chi connectivity index (χ1v) is 8.09. The van der Waals surface area contributed by atoms with E-state index in [1.54, 1.807) is 11.0 Å². The van der Waals surface area contributed by atoms with E-state index in [-0.39, 0.29) is 24.5 Å². The molecular weight excluding hydrogens is 351 g/mol. The van der Waals surface area contributed by atoms with Crippen molar-refractivity contribution in [2.75, 3.05) is 25.5 Å². The zero-order valence-electron chi connectivity index (χ0n) is 12.0. The molecule has 0 spiro atoms. The average Bonchev–Trinajstić information content (AvgIpc) is 2.82. The summed E-state index contributed by atoms with van der Waals surface area (Å²) in [6.45, 7) is -0.741. The molecule has 0 saturated carbocycles. The van der Waals surface area contributed by atoms with Crippen molar-refractivity contribution in [2.24, 2.45) is 0 Å². The Morgan fingerprint density at radius 3 is 2.65 bits per heavy atom. The molecule has 1 aromatic rings. The van der Waals surface area contributed by atoms with E-state index in [1.165, 1.54) is 30.0 Å². The van der Waals surface area contributed by atoms with Gasteiger partial charge in [-0.2, -0.15) is 13.2 Å². The second kappa shape index (κ2) is 7.45. The van der Waals surface area contributed by atoms with Crippen LogP contribution in [-0.4, -0.2) is 50.7 Å². The van der Waals surface area contributed by atoms with Crippen LogP contribution in [0.3, 0.4) is 0 Å². The molecule has 10 heteroatoms. The lowest BCUT2D eigenvalue weighted by molar-refractivity contribution is -0.385. The first-order chi connectivity index (χ1) is 10.8. The molecule has 1 fully saturated rings. The predicted octanol–water partition coefficient (Wildman–Crippen LogP) is 3.25. The number of hydrogen-bond donors (Lipinski definition) is 0. The minimum absolute atomic E-state index is 0.00259. The number of hydrogen-bond acceptors (Lipinski definition) is 5. The molecule has 0 amide bonds. The third kappa shape index (κ3) is 5.33. The second-order valence-corrected chi connectivity index (χ2v) is 6.74. The van der Waals surface area contributed by atoms with Crippen molar-refractivity contribution in [3.05, 3.63) is 39.9 Å². The van der Waals surface area contributed by atoms with E-state index < -0.39 is 17.6 Å². The number of para-hydroxylation sites is 1. The van der Waals surface area contributed by atoms with Gasteiger partial charge in [0.15, 0.2) is 0 Å². The van der Waals surface area contributed by atoms with Crippen LogP contribution in [0.25, 0.3) is 0 Å². The van der Waals surface area contributed by atoms with Crippen LogP contribution >= 0.6 is 24.0 Å². The number of nitrogens with zero attached hydrogens (tertiary/aromatic N) is 3. The lowest BCUT2D eigenvalue weighted by Crippen LogP contribution is -2.42. The summed E-state index contributed by atoms with van der Waals surface area (Å²) in [4.78, 5) is 13.2. The van der Waals surface area contributed by atoms with Gasteiger partial charge in [-0.1, -0.05) is 42.2 Å². The zero-order chi connectivity index (χ0) is 17.0. The average molecular weight is 365 g/mol. The van der Waals surface area contributed by atoms with Crippen LogP contribution in [0.1, 0.15) is 5.56 Å². The minimum atomic E-state index is -4.39. The smallest absolute Gasteiger partial charge is 0.344 e. The molecule has 1 aliphatic heterocycles. The summed E-state index contributed by atoms with van der Waals surface area (Å²) >= 11 is 6.53. The molecule has 0 unspecified atom stereocenters. The van der Waals surface area contributed by atoms with E-state index in [4.69, 9.17) is 12.2 Å². The van der Waals surface area contributed by atoms with Gasteiger partial charge < -0.3 is 4.90 Å². The monoisotopic (exact) mass is 365 g/mol. The fourth-order valence-corrected chi connectivity index (χ4v) is 3.49. The summed E-state index contributed by atoms with van der Waals surface area (Å²) < 4.78 is 39.0. The molecule has 0 N–H and O–H groups in total. The topological polar surface area (TPSA) is 49.6 Å². The number of rotatable bonds is 6. The van der Waals surface area contributed by atoms with Gasteiger partial charge in [0, 0.05) is 30.5 Å². The Bertz CT molecular complexity index is 598. The molecule has 1 aromatic carbocycles. The summed E-state index contributed by atoms with van der Waals surface area (Å²) in [7, 11) is 0. The molecule has 0 bridgehead atoms. The maximum absolute atomic E-state index is 12.8.